The van der Waals surface area contributed by atoms with E-state index < -0.39 is 6.03 Å². The minimum absolute atomic E-state index is 0. The summed E-state index contributed by atoms with van der Waals surface area (Å²) >= 11 is 1.11. The van der Waals surface area contributed by atoms with E-state index in [1.807, 2.05) is 6.07 Å². The van der Waals surface area contributed by atoms with Gasteiger partial charge >= 0.3 is 35.6 Å². The van der Waals surface area contributed by atoms with Crippen LogP contribution in [0.4, 0.5) is 4.79 Å². The molecule has 0 heterocycles. The van der Waals surface area contributed by atoms with E-state index in [4.69, 9.17) is 11.0 Å². The van der Waals surface area contributed by atoms with Gasteiger partial charge in [0.2, 0.25) is 0 Å². The molecule has 0 saturated carbocycles. The van der Waals surface area contributed by atoms with Gasteiger partial charge in [-0.2, -0.15) is 5.26 Å². The first-order valence-corrected chi connectivity index (χ1v) is 4.26. The normalized spacial score (nSPS) is 8.21. The van der Waals surface area contributed by atoms with Crippen molar-refractivity contribution < 1.29 is 4.79 Å². The van der Waals surface area contributed by atoms with E-state index in [9.17, 15) is 4.79 Å². The van der Waals surface area contributed by atoms with Crippen molar-refractivity contribution in [3.8, 4) is 6.07 Å². The van der Waals surface area contributed by atoms with Crippen LogP contribution in [-0.4, -0.2) is 35.6 Å². The van der Waals surface area contributed by atoms with E-state index >= 15 is 0 Å². The van der Waals surface area contributed by atoms with E-state index in [0.29, 0.717) is 5.56 Å². The zero-order chi connectivity index (χ0) is 9.68. The summed E-state index contributed by atoms with van der Waals surface area (Å²) in [5, 5.41) is 8.50. The Morgan fingerprint density at radius 1 is 1.43 bits per heavy atom. The van der Waals surface area contributed by atoms with E-state index in [1.165, 1.54) is 0 Å². The van der Waals surface area contributed by atoms with Crippen LogP contribution in [0, 0.1) is 11.3 Å². The van der Waals surface area contributed by atoms with Gasteiger partial charge in [-0.15, -0.1) is 0 Å². The first-order chi connectivity index (χ1) is 6.22. The second kappa shape index (κ2) is 6.74. The van der Waals surface area contributed by atoms with Crippen LogP contribution in [0.25, 0.3) is 0 Å². The number of nitrogens with zero attached hydrogens (tertiary/aromatic N) is 1. The Morgan fingerprint density at radius 3 is 2.43 bits per heavy atom. The van der Waals surface area contributed by atoms with Gasteiger partial charge in [0, 0.05) is 4.90 Å². The predicted octanol–water partition coefficient (Wildman–Crippen LogP) is 0.585. The molecule has 2 amide bonds. The zero-order valence-electron chi connectivity index (χ0n) is 6.65. The molecule has 14 heavy (non-hydrogen) atoms. The van der Waals surface area contributed by atoms with Gasteiger partial charge in [-0.05, 0) is 36.2 Å². The summed E-state index contributed by atoms with van der Waals surface area (Å²) in [6.07, 6.45) is 0. The number of amides is 2. The summed E-state index contributed by atoms with van der Waals surface area (Å²) in [4.78, 5) is 11.2. The molecule has 6 heteroatoms. The average Bonchev–Trinajstić information content (AvgIpc) is 2.15. The van der Waals surface area contributed by atoms with Crippen molar-refractivity contribution >= 4 is 47.5 Å². The van der Waals surface area contributed by atoms with Gasteiger partial charge in [0.15, 0.2) is 0 Å². The molecule has 0 aliphatic heterocycles. The van der Waals surface area contributed by atoms with Gasteiger partial charge in [0.1, 0.15) is 0 Å². The number of urea groups is 1. The molecule has 0 aromatic heterocycles. The second-order valence-corrected chi connectivity index (χ2v) is 3.08. The fraction of sp³-hybridized carbons (Fsp3) is 0. The number of nitrogens with one attached hydrogen (secondary N) is 1. The van der Waals surface area contributed by atoms with Gasteiger partial charge in [-0.3, -0.25) is 4.72 Å². The zero-order valence-corrected chi connectivity index (χ0v) is 7.47. The van der Waals surface area contributed by atoms with Crippen LogP contribution >= 0.6 is 11.9 Å². The Kier molecular flexibility index (Phi) is 6.41. The van der Waals surface area contributed by atoms with Crippen LogP contribution in [-0.2, 0) is 0 Å². The standard InChI is InChI=1S/C8H7N3OS.Na.H/c9-5-6-1-3-7(4-2-6)13-11-8(10)12;;/h1-4H,(H3,10,11,12);;. The Balaban J connectivity index is 0.00000169. The van der Waals surface area contributed by atoms with Crippen LogP contribution in [0.1, 0.15) is 5.56 Å². The van der Waals surface area contributed by atoms with Crippen molar-refractivity contribution in [3.63, 3.8) is 0 Å². The van der Waals surface area contributed by atoms with Crippen LogP contribution < -0.4 is 10.5 Å². The van der Waals surface area contributed by atoms with Gasteiger partial charge in [0.25, 0.3) is 0 Å². The van der Waals surface area contributed by atoms with Crippen molar-refractivity contribution in [1.29, 1.82) is 5.26 Å². The van der Waals surface area contributed by atoms with Gasteiger partial charge < -0.3 is 5.73 Å². The van der Waals surface area contributed by atoms with Crippen LogP contribution in [0.2, 0.25) is 0 Å². The Hall–Kier alpha value is -0.670. The number of primary amides is 1. The molecule has 0 fully saturated rings. The first kappa shape index (κ1) is 13.3. The monoisotopic (exact) mass is 217 g/mol. The van der Waals surface area contributed by atoms with E-state index in [2.05, 4.69) is 4.72 Å². The maximum atomic E-state index is 10.3. The molecule has 0 atom stereocenters. The van der Waals surface area contributed by atoms with E-state index in [1.54, 1.807) is 24.3 Å². The molecule has 1 aromatic rings. The molecule has 1 rings (SSSR count). The number of nitriles is 1. The number of hydrogen-bond acceptors (Lipinski definition) is 3. The predicted molar refractivity (Wildman–Crippen MR) is 56.9 cm³/mol. The van der Waals surface area contributed by atoms with Crippen molar-refractivity contribution in [2.45, 2.75) is 4.90 Å². The number of benzene rings is 1. The van der Waals surface area contributed by atoms with Gasteiger partial charge in [0.05, 0.1) is 11.6 Å². The summed E-state index contributed by atoms with van der Waals surface area (Å²) in [6.45, 7) is 0. The summed E-state index contributed by atoms with van der Waals surface area (Å²) in [5.74, 6) is 0. The van der Waals surface area contributed by atoms with E-state index in [-0.39, 0.29) is 29.6 Å². The molecule has 68 valence electrons. The molecule has 0 bridgehead atoms. The summed E-state index contributed by atoms with van der Waals surface area (Å²) < 4.78 is 2.37. The van der Waals surface area contributed by atoms with Crippen molar-refractivity contribution in [3.05, 3.63) is 29.8 Å². The third-order valence-corrected chi connectivity index (χ3v) is 2.06. The SMILES string of the molecule is N#Cc1ccc(SNC(N)=O)cc1.[NaH]. The second-order valence-electron chi connectivity index (χ2n) is 2.20. The Bertz CT molecular complexity index is 347. The number of nitrogens with two attached hydrogens (primary N) is 1. The molecule has 0 saturated heterocycles. The number of carbonyl (C=O) groups is 1. The maximum absolute atomic E-state index is 10.3. The fourth-order valence-corrected chi connectivity index (χ4v) is 1.20. The third-order valence-electron chi connectivity index (χ3n) is 1.25. The molecule has 0 unspecified atom stereocenters. The van der Waals surface area contributed by atoms with Crippen molar-refractivity contribution in [2.24, 2.45) is 5.73 Å². The summed E-state index contributed by atoms with van der Waals surface area (Å²) in [5.41, 5.74) is 5.46. The molecule has 0 aliphatic rings. The molecule has 3 N–H and O–H groups in total. The molecule has 0 spiro atoms. The summed E-state index contributed by atoms with van der Waals surface area (Å²) in [6, 6.07) is 8.22. The third kappa shape index (κ3) is 4.53. The van der Waals surface area contributed by atoms with Crippen molar-refractivity contribution in [1.82, 2.24) is 4.72 Å². The Labute approximate surface area is 108 Å². The molecule has 1 aromatic carbocycles. The topological polar surface area (TPSA) is 78.9 Å². The van der Waals surface area contributed by atoms with Gasteiger partial charge in [-0.25, -0.2) is 4.79 Å². The van der Waals surface area contributed by atoms with Gasteiger partial charge in [-0.1, -0.05) is 0 Å². The van der Waals surface area contributed by atoms with Crippen molar-refractivity contribution in [2.75, 3.05) is 0 Å². The Morgan fingerprint density at radius 2 is 2.00 bits per heavy atom. The molecule has 0 aliphatic carbocycles. The van der Waals surface area contributed by atoms with E-state index in [0.717, 1.165) is 16.8 Å². The number of carbonyl (C=O) groups excluding carboxylic acids is 1. The average molecular weight is 217 g/mol. The van der Waals surface area contributed by atoms with Crippen LogP contribution in [0.3, 0.4) is 0 Å². The molecular formula is C8H8N3NaOS. The summed E-state index contributed by atoms with van der Waals surface area (Å²) in [7, 11) is 0. The quantitative estimate of drug-likeness (QED) is 0.562. The number of hydrogen-bond donors (Lipinski definition) is 2. The molecule has 0 radical (unpaired) electrons. The van der Waals surface area contributed by atoms with Crippen LogP contribution in [0.5, 0.6) is 0 Å². The molecular weight excluding hydrogens is 209 g/mol. The molecule has 4 nitrogen and oxygen atoms in total. The number of rotatable bonds is 2. The minimum atomic E-state index is -0.589. The van der Waals surface area contributed by atoms with Crippen LogP contribution in [0.15, 0.2) is 29.2 Å². The first-order valence-electron chi connectivity index (χ1n) is 3.45. The fourth-order valence-electron chi connectivity index (χ4n) is 0.707.